The average molecular weight is 289 g/mol. The maximum Gasteiger partial charge on any atom is 2.00 e. The second-order valence-corrected chi connectivity index (χ2v) is 2.67. The van der Waals surface area contributed by atoms with Gasteiger partial charge in [-0.15, -0.1) is 0 Å². The minimum absolute atomic E-state index is 0. The van der Waals surface area contributed by atoms with E-state index in [0.717, 1.165) is 0 Å². The van der Waals surface area contributed by atoms with Gasteiger partial charge in [0, 0.05) is 24.8 Å². The van der Waals surface area contributed by atoms with Crippen LogP contribution in [0.2, 0.25) is 0 Å². The molecule has 0 aromatic rings. The number of aliphatic carboxylic acids is 3. The first-order chi connectivity index (χ1) is 7.51. The van der Waals surface area contributed by atoms with Crippen LogP contribution in [0.3, 0.4) is 0 Å². The second kappa shape index (κ2) is 9.88. The van der Waals surface area contributed by atoms with E-state index in [1.807, 2.05) is 0 Å². The number of carbonyl (C=O) groups is 4. The van der Waals surface area contributed by atoms with Crippen molar-refractivity contribution in [2.75, 3.05) is 0 Å². The molecule has 0 spiro atoms. The molecule has 0 atom stereocenters. The molecule has 0 amide bonds. The molecule has 0 rings (SSSR count). The van der Waals surface area contributed by atoms with Gasteiger partial charge in [-0.25, -0.2) is 0 Å². The minimum Gasteiger partial charge on any atom is -0.652 e. The summed E-state index contributed by atoms with van der Waals surface area (Å²) < 4.78 is 0. The van der Waals surface area contributed by atoms with Crippen molar-refractivity contribution in [3.05, 3.63) is 0 Å². The molecule has 0 aliphatic rings. The number of carboxylic acid groups (broad SMARTS) is 5. The fourth-order valence-electron chi connectivity index (χ4n) is 0.684. The second-order valence-electron chi connectivity index (χ2n) is 2.67. The normalized spacial score (nSPS) is 9.17. The van der Waals surface area contributed by atoms with Crippen LogP contribution in [0, 0.1) is 0 Å². The average Bonchev–Trinajstić information content (AvgIpc) is 1.98. The van der Waals surface area contributed by atoms with Crippen LogP contribution >= 0.6 is 0 Å². The fraction of sp³-hybridized carbons (Fsp3) is 0.429. The minimum atomic E-state index is -2.97. The van der Waals surface area contributed by atoms with Crippen LogP contribution in [-0.2, 0) is 14.4 Å². The van der Waals surface area contributed by atoms with Crippen molar-refractivity contribution < 1.29 is 49.8 Å². The molecule has 0 aromatic carbocycles. The van der Waals surface area contributed by atoms with E-state index in [1.54, 1.807) is 0 Å². The van der Waals surface area contributed by atoms with E-state index >= 15 is 0 Å². The third kappa shape index (κ3) is 13.0. The Hall–Kier alpha value is -1.10. The molecule has 0 heterocycles. The van der Waals surface area contributed by atoms with Gasteiger partial charge in [0.05, 0.1) is 5.97 Å². The molecule has 0 aliphatic carbocycles. The monoisotopic (exact) mass is 289 g/mol. The SMILES string of the molecule is O=C([O-])CC(O)(CC(=O)[O-])C(=O)[O-].O=C([O-])[O-].[Ca+2]. The van der Waals surface area contributed by atoms with Crippen LogP contribution in [0.1, 0.15) is 12.8 Å². The first-order valence-electron chi connectivity index (χ1n) is 3.72. The molecule has 1 N–H and O–H groups in total. The van der Waals surface area contributed by atoms with Gasteiger partial charge in [0.2, 0.25) is 0 Å². The maximum atomic E-state index is 10.1. The Morgan fingerprint density at radius 1 is 0.833 bits per heavy atom. The summed E-state index contributed by atoms with van der Waals surface area (Å²) in [4.78, 5) is 38.3. The van der Waals surface area contributed by atoms with Crippen molar-refractivity contribution >= 4 is 61.8 Å². The van der Waals surface area contributed by atoms with Gasteiger partial charge in [-0.1, -0.05) is 0 Å². The third-order valence-electron chi connectivity index (χ3n) is 1.25. The summed E-state index contributed by atoms with van der Waals surface area (Å²) in [5.74, 6) is -5.98. The Kier molecular flexibility index (Phi) is 12.1. The number of hydrogen-bond acceptors (Lipinski definition) is 10. The first-order valence-corrected chi connectivity index (χ1v) is 3.72. The van der Waals surface area contributed by atoms with E-state index in [-0.39, 0.29) is 37.7 Å². The number of rotatable bonds is 5. The van der Waals surface area contributed by atoms with Crippen molar-refractivity contribution in [1.29, 1.82) is 0 Å². The van der Waals surface area contributed by atoms with E-state index in [2.05, 4.69) is 0 Å². The molecule has 0 radical (unpaired) electrons. The number of hydrogen-bond donors (Lipinski definition) is 1. The summed E-state index contributed by atoms with van der Waals surface area (Å²) >= 11 is 0. The van der Waals surface area contributed by atoms with Crippen LogP contribution in [-0.4, -0.2) is 72.5 Å². The molecule has 0 unspecified atom stereocenters. The Balaban J connectivity index is -0.000000392. The van der Waals surface area contributed by atoms with Crippen LogP contribution in [0.5, 0.6) is 0 Å². The fourth-order valence-corrected chi connectivity index (χ4v) is 0.684. The smallest absolute Gasteiger partial charge is 0.652 e. The molecule has 0 aliphatic heterocycles. The van der Waals surface area contributed by atoms with Gasteiger partial charge < -0.3 is 49.8 Å². The van der Waals surface area contributed by atoms with Gasteiger partial charge in [-0.3, -0.25) is 0 Å². The first kappa shape index (κ1) is 22.1. The van der Waals surface area contributed by atoms with Gasteiger partial charge in [0.25, 0.3) is 0 Å². The summed E-state index contributed by atoms with van der Waals surface area (Å²) in [5, 5.41) is 55.6. The van der Waals surface area contributed by atoms with E-state index < -0.39 is 42.5 Å². The molecule has 11 heteroatoms. The summed E-state index contributed by atoms with van der Waals surface area (Å²) in [6.07, 6.45) is -5.05. The summed E-state index contributed by atoms with van der Waals surface area (Å²) in [7, 11) is 0. The molecule has 0 saturated heterocycles. The van der Waals surface area contributed by atoms with Crippen LogP contribution in [0.15, 0.2) is 0 Å². The molecular formula is C7H5CaO10-3. The van der Waals surface area contributed by atoms with Crippen LogP contribution in [0.4, 0.5) is 4.79 Å². The Bertz CT molecular complexity index is 304. The molecule has 0 bridgehead atoms. The zero-order valence-electron chi connectivity index (χ0n) is 8.74. The zero-order valence-corrected chi connectivity index (χ0v) is 11.0. The molecule has 0 aromatic heterocycles. The molecule has 10 nitrogen and oxygen atoms in total. The summed E-state index contributed by atoms with van der Waals surface area (Å²) in [6, 6.07) is 0. The number of aliphatic hydroxyl groups is 1. The molecule has 0 saturated carbocycles. The summed E-state index contributed by atoms with van der Waals surface area (Å²) in [6.45, 7) is 0. The number of carboxylic acids is 3. The third-order valence-corrected chi connectivity index (χ3v) is 1.25. The predicted molar refractivity (Wildman–Crippen MR) is 40.4 cm³/mol. The largest absolute Gasteiger partial charge is 2.00 e. The number of carbonyl (C=O) groups excluding carboxylic acids is 4. The van der Waals surface area contributed by atoms with E-state index in [9.17, 15) is 29.7 Å². The Labute approximate surface area is 129 Å². The Morgan fingerprint density at radius 3 is 1.17 bits per heavy atom. The van der Waals surface area contributed by atoms with Crippen molar-refractivity contribution in [3.8, 4) is 0 Å². The summed E-state index contributed by atoms with van der Waals surface area (Å²) in [5.41, 5.74) is -2.97. The molecule has 98 valence electrons. The van der Waals surface area contributed by atoms with E-state index in [4.69, 9.17) is 20.1 Å². The van der Waals surface area contributed by atoms with Crippen molar-refractivity contribution in [3.63, 3.8) is 0 Å². The van der Waals surface area contributed by atoms with Gasteiger partial charge in [0.15, 0.2) is 0 Å². The van der Waals surface area contributed by atoms with E-state index in [1.165, 1.54) is 0 Å². The van der Waals surface area contributed by atoms with Gasteiger partial charge >= 0.3 is 37.7 Å². The van der Waals surface area contributed by atoms with Crippen LogP contribution in [0.25, 0.3) is 0 Å². The molecular weight excluding hydrogens is 284 g/mol. The van der Waals surface area contributed by atoms with Gasteiger partial charge in [-0.2, -0.15) is 0 Å². The standard InChI is InChI=1S/C6H8O7.CH2O3.Ca/c7-3(8)1-6(13,5(11)12)2-4(9)10;2-1(3)4;/h13H,1-2H2,(H,7,8)(H,9,10)(H,11,12);(H2,2,3,4);/q;;+2/p-5. The Morgan fingerprint density at radius 2 is 1.06 bits per heavy atom. The van der Waals surface area contributed by atoms with Gasteiger partial charge in [-0.05, 0) is 6.16 Å². The van der Waals surface area contributed by atoms with Crippen LogP contribution < -0.4 is 25.5 Å². The quantitative estimate of drug-likeness (QED) is 0.473. The van der Waals surface area contributed by atoms with Gasteiger partial charge in [0.1, 0.15) is 5.60 Å². The zero-order chi connectivity index (χ0) is 14.2. The topological polar surface area (TPSA) is 204 Å². The van der Waals surface area contributed by atoms with Crippen molar-refractivity contribution in [2.24, 2.45) is 0 Å². The van der Waals surface area contributed by atoms with Crippen molar-refractivity contribution in [2.45, 2.75) is 18.4 Å². The maximum absolute atomic E-state index is 10.1. The van der Waals surface area contributed by atoms with E-state index in [0.29, 0.717) is 0 Å². The van der Waals surface area contributed by atoms with Crippen molar-refractivity contribution in [1.82, 2.24) is 0 Å². The molecule has 0 fully saturated rings. The molecule has 18 heavy (non-hydrogen) atoms. The predicted octanol–water partition coefficient (Wildman–Crippen LogP) is -8.08.